The smallest absolute Gasteiger partial charge is 0.134 e. The Hall–Kier alpha value is -1.59. The van der Waals surface area contributed by atoms with Crippen molar-refractivity contribution in [3.8, 4) is 5.75 Å². The van der Waals surface area contributed by atoms with Crippen molar-refractivity contribution < 1.29 is 4.74 Å². The highest BCUT2D eigenvalue weighted by Crippen LogP contribution is 2.22. The van der Waals surface area contributed by atoms with E-state index in [-0.39, 0.29) is 5.84 Å². The fourth-order valence-electron chi connectivity index (χ4n) is 1.57. The van der Waals surface area contributed by atoms with Crippen molar-refractivity contribution in [1.82, 2.24) is 4.98 Å². The SMILES string of the molecule is Cc1cc(Cl)ccc1OCCc1ncc(C(=N)N)s1. The van der Waals surface area contributed by atoms with Crippen LogP contribution >= 0.6 is 22.9 Å². The fourth-order valence-corrected chi connectivity index (χ4v) is 2.56. The first kappa shape index (κ1) is 13.8. The molecule has 0 atom stereocenters. The van der Waals surface area contributed by atoms with Crippen molar-refractivity contribution >= 4 is 28.8 Å². The second-order valence-electron chi connectivity index (χ2n) is 4.04. The van der Waals surface area contributed by atoms with Crippen LogP contribution in [-0.2, 0) is 6.42 Å². The molecule has 0 aliphatic carbocycles. The van der Waals surface area contributed by atoms with Gasteiger partial charge < -0.3 is 10.5 Å². The van der Waals surface area contributed by atoms with E-state index in [0.29, 0.717) is 22.9 Å². The number of hydrogen-bond donors (Lipinski definition) is 2. The van der Waals surface area contributed by atoms with Gasteiger partial charge in [-0.25, -0.2) is 4.98 Å². The van der Waals surface area contributed by atoms with E-state index in [2.05, 4.69) is 4.98 Å². The van der Waals surface area contributed by atoms with E-state index in [1.807, 2.05) is 19.1 Å². The van der Waals surface area contributed by atoms with E-state index in [1.165, 1.54) is 11.3 Å². The number of rotatable bonds is 5. The highest BCUT2D eigenvalue weighted by molar-refractivity contribution is 7.13. The molecule has 19 heavy (non-hydrogen) atoms. The quantitative estimate of drug-likeness (QED) is 0.658. The van der Waals surface area contributed by atoms with Crippen molar-refractivity contribution in [3.63, 3.8) is 0 Å². The Morgan fingerprint density at radius 2 is 2.32 bits per heavy atom. The van der Waals surface area contributed by atoms with Crippen LogP contribution in [0.4, 0.5) is 0 Å². The van der Waals surface area contributed by atoms with Crippen molar-refractivity contribution in [2.75, 3.05) is 6.61 Å². The number of ether oxygens (including phenoxy) is 1. The average molecular weight is 296 g/mol. The number of halogens is 1. The number of nitrogens with two attached hydrogens (primary N) is 1. The number of nitrogens with one attached hydrogen (secondary N) is 1. The maximum atomic E-state index is 7.31. The summed E-state index contributed by atoms with van der Waals surface area (Å²) in [6, 6.07) is 5.54. The maximum absolute atomic E-state index is 7.31. The number of aryl methyl sites for hydroxylation is 1. The summed E-state index contributed by atoms with van der Waals surface area (Å²) in [6.07, 6.45) is 2.32. The summed E-state index contributed by atoms with van der Waals surface area (Å²) < 4.78 is 5.69. The van der Waals surface area contributed by atoms with Crippen LogP contribution in [0.2, 0.25) is 5.02 Å². The normalized spacial score (nSPS) is 10.4. The molecule has 100 valence electrons. The Morgan fingerprint density at radius 3 is 2.95 bits per heavy atom. The second-order valence-corrected chi connectivity index (χ2v) is 5.59. The molecule has 2 aromatic rings. The molecule has 0 spiro atoms. The lowest BCUT2D eigenvalue weighted by Crippen LogP contribution is -2.08. The summed E-state index contributed by atoms with van der Waals surface area (Å²) in [5.41, 5.74) is 6.40. The largest absolute Gasteiger partial charge is 0.493 e. The molecular formula is C13H14ClN3OS. The highest BCUT2D eigenvalue weighted by atomic mass is 35.5. The van der Waals surface area contributed by atoms with Gasteiger partial charge in [0, 0.05) is 17.6 Å². The summed E-state index contributed by atoms with van der Waals surface area (Å²) in [5.74, 6) is 0.881. The second kappa shape index (κ2) is 6.04. The van der Waals surface area contributed by atoms with Crippen molar-refractivity contribution in [1.29, 1.82) is 5.41 Å². The van der Waals surface area contributed by atoms with Gasteiger partial charge in [-0.1, -0.05) is 11.6 Å². The molecule has 3 N–H and O–H groups in total. The van der Waals surface area contributed by atoms with Crippen LogP contribution in [0.5, 0.6) is 5.75 Å². The molecule has 1 heterocycles. The number of thiazole rings is 1. The van der Waals surface area contributed by atoms with Crippen molar-refractivity contribution in [2.24, 2.45) is 5.73 Å². The minimum absolute atomic E-state index is 0.0539. The molecule has 0 aliphatic rings. The van der Waals surface area contributed by atoms with Crippen LogP contribution in [0.3, 0.4) is 0 Å². The molecule has 2 rings (SSSR count). The lowest BCUT2D eigenvalue weighted by atomic mass is 10.2. The van der Waals surface area contributed by atoms with Crippen LogP contribution in [-0.4, -0.2) is 17.4 Å². The van der Waals surface area contributed by atoms with Gasteiger partial charge >= 0.3 is 0 Å². The Labute approximate surface area is 120 Å². The molecule has 0 aliphatic heterocycles. The van der Waals surface area contributed by atoms with Gasteiger partial charge in [-0.2, -0.15) is 0 Å². The van der Waals surface area contributed by atoms with Crippen LogP contribution < -0.4 is 10.5 Å². The zero-order valence-electron chi connectivity index (χ0n) is 10.4. The van der Waals surface area contributed by atoms with E-state index in [0.717, 1.165) is 16.3 Å². The Bertz CT molecular complexity index is 597. The Morgan fingerprint density at radius 1 is 1.53 bits per heavy atom. The van der Waals surface area contributed by atoms with E-state index in [9.17, 15) is 0 Å². The summed E-state index contributed by atoms with van der Waals surface area (Å²) in [4.78, 5) is 4.89. The molecule has 0 saturated carbocycles. The number of amidine groups is 1. The zero-order valence-corrected chi connectivity index (χ0v) is 12.0. The highest BCUT2D eigenvalue weighted by Gasteiger charge is 2.05. The minimum Gasteiger partial charge on any atom is -0.493 e. The van der Waals surface area contributed by atoms with Gasteiger partial charge in [0.05, 0.1) is 16.5 Å². The number of nitrogen functional groups attached to an aromatic ring is 1. The van der Waals surface area contributed by atoms with Crippen molar-refractivity contribution in [2.45, 2.75) is 13.3 Å². The number of aromatic nitrogens is 1. The fraction of sp³-hybridized carbons (Fsp3) is 0.231. The third-order valence-electron chi connectivity index (χ3n) is 2.53. The predicted molar refractivity (Wildman–Crippen MR) is 78.5 cm³/mol. The third-order valence-corrected chi connectivity index (χ3v) is 3.85. The topological polar surface area (TPSA) is 72.0 Å². The van der Waals surface area contributed by atoms with Gasteiger partial charge in [0.25, 0.3) is 0 Å². The molecule has 0 bridgehead atoms. The summed E-state index contributed by atoms with van der Waals surface area (Å²) in [5, 5.41) is 8.93. The maximum Gasteiger partial charge on any atom is 0.134 e. The van der Waals surface area contributed by atoms with E-state index in [4.69, 9.17) is 27.5 Å². The molecule has 1 aromatic carbocycles. The molecule has 0 unspecified atom stereocenters. The molecule has 0 fully saturated rings. The van der Waals surface area contributed by atoms with Gasteiger partial charge in [-0.15, -0.1) is 11.3 Å². The van der Waals surface area contributed by atoms with Gasteiger partial charge in [0.1, 0.15) is 11.6 Å². The van der Waals surface area contributed by atoms with Crippen molar-refractivity contribution in [3.05, 3.63) is 44.9 Å². The molecule has 6 heteroatoms. The van der Waals surface area contributed by atoms with Gasteiger partial charge in [0.15, 0.2) is 0 Å². The molecular weight excluding hydrogens is 282 g/mol. The van der Waals surface area contributed by atoms with Crippen LogP contribution in [0.15, 0.2) is 24.4 Å². The first-order valence-corrected chi connectivity index (χ1v) is 6.94. The lowest BCUT2D eigenvalue weighted by molar-refractivity contribution is 0.319. The number of benzene rings is 1. The molecule has 0 radical (unpaired) electrons. The number of nitrogens with zero attached hydrogens (tertiary/aromatic N) is 1. The Kier molecular flexibility index (Phi) is 4.39. The third kappa shape index (κ3) is 3.68. The van der Waals surface area contributed by atoms with Gasteiger partial charge in [-0.3, -0.25) is 5.41 Å². The summed E-state index contributed by atoms with van der Waals surface area (Å²) in [6.45, 7) is 2.49. The molecule has 0 saturated heterocycles. The van der Waals surface area contributed by atoms with Gasteiger partial charge in [0.2, 0.25) is 0 Å². The molecule has 4 nitrogen and oxygen atoms in total. The molecule has 0 amide bonds. The van der Waals surface area contributed by atoms with Crippen LogP contribution in [0.1, 0.15) is 15.4 Å². The predicted octanol–water partition coefficient (Wildman–Crippen LogP) is 3.01. The molecule has 1 aromatic heterocycles. The summed E-state index contributed by atoms with van der Waals surface area (Å²) >= 11 is 7.30. The monoisotopic (exact) mass is 295 g/mol. The van der Waals surface area contributed by atoms with E-state index < -0.39 is 0 Å². The van der Waals surface area contributed by atoms with E-state index >= 15 is 0 Å². The van der Waals surface area contributed by atoms with Crippen LogP contribution in [0, 0.1) is 12.3 Å². The van der Waals surface area contributed by atoms with Gasteiger partial charge in [-0.05, 0) is 30.7 Å². The summed E-state index contributed by atoms with van der Waals surface area (Å²) in [7, 11) is 0. The first-order chi connectivity index (χ1) is 9.06. The standard InChI is InChI=1S/C13H14ClN3OS/c1-8-6-9(14)2-3-10(8)18-5-4-12-17-7-11(19-12)13(15)16/h2-3,6-7H,4-5H2,1H3,(H3,15,16). The zero-order chi connectivity index (χ0) is 13.8. The van der Waals surface area contributed by atoms with E-state index in [1.54, 1.807) is 12.3 Å². The first-order valence-electron chi connectivity index (χ1n) is 5.74. The lowest BCUT2D eigenvalue weighted by Gasteiger charge is -2.08. The number of hydrogen-bond acceptors (Lipinski definition) is 4. The average Bonchev–Trinajstić information content (AvgIpc) is 2.81. The van der Waals surface area contributed by atoms with Crippen LogP contribution in [0.25, 0.3) is 0 Å². The Balaban J connectivity index is 1.90. The minimum atomic E-state index is 0.0539.